The van der Waals surface area contributed by atoms with E-state index in [1.807, 2.05) is 39.7 Å². The van der Waals surface area contributed by atoms with Gasteiger partial charge in [-0.05, 0) is 44.2 Å². The maximum Gasteiger partial charge on any atom is 0.320 e. The molecule has 26 heavy (non-hydrogen) atoms. The minimum Gasteiger partial charge on any atom is -0.338 e. The summed E-state index contributed by atoms with van der Waals surface area (Å²) in [6.07, 6.45) is 4.98. The average molecular weight is 353 g/mol. The molecule has 3 aromatic rings. The Balaban J connectivity index is 1.25. The number of carbonyl (C=O) groups is 1. The van der Waals surface area contributed by atoms with Crippen LogP contribution in [0.5, 0.6) is 0 Å². The molecule has 1 aliphatic rings. The van der Waals surface area contributed by atoms with E-state index in [0.29, 0.717) is 25.0 Å². The van der Waals surface area contributed by atoms with E-state index in [0.717, 1.165) is 23.3 Å². The smallest absolute Gasteiger partial charge is 0.320 e. The van der Waals surface area contributed by atoms with Gasteiger partial charge in [-0.2, -0.15) is 5.10 Å². The van der Waals surface area contributed by atoms with Crippen molar-refractivity contribution in [3.8, 4) is 0 Å². The Morgan fingerprint density at radius 2 is 2.15 bits per heavy atom. The number of nitrogens with one attached hydrogen (secondary N) is 2. The van der Waals surface area contributed by atoms with Crippen molar-refractivity contribution in [1.29, 1.82) is 0 Å². The first kappa shape index (κ1) is 16.6. The first-order valence-electron chi connectivity index (χ1n) is 9.09. The Kier molecular flexibility index (Phi) is 4.55. The van der Waals surface area contributed by atoms with Gasteiger partial charge in [0.2, 0.25) is 0 Å². The van der Waals surface area contributed by atoms with Gasteiger partial charge < -0.3 is 5.32 Å². The number of benzene rings is 1. The Bertz CT molecular complexity index is 896. The summed E-state index contributed by atoms with van der Waals surface area (Å²) >= 11 is 0. The Morgan fingerprint density at radius 3 is 3.00 bits per heavy atom. The van der Waals surface area contributed by atoms with Crippen molar-refractivity contribution in [3.05, 3.63) is 36.5 Å². The van der Waals surface area contributed by atoms with Crippen LogP contribution in [0.1, 0.15) is 32.2 Å². The molecule has 4 rings (SSSR count). The van der Waals surface area contributed by atoms with Crippen LogP contribution in [0.4, 0.5) is 10.6 Å². The number of urea groups is 1. The second-order valence-corrected chi connectivity index (χ2v) is 6.77. The summed E-state index contributed by atoms with van der Waals surface area (Å²) in [7, 11) is 0. The molecule has 1 aromatic carbocycles. The highest BCUT2D eigenvalue weighted by molar-refractivity contribution is 5.88. The Morgan fingerprint density at radius 1 is 1.31 bits per heavy atom. The van der Waals surface area contributed by atoms with E-state index in [4.69, 9.17) is 0 Å². The fourth-order valence-corrected chi connectivity index (χ4v) is 3.19. The average Bonchev–Trinajstić information content (AvgIpc) is 3.27. The molecule has 2 aromatic heterocycles. The summed E-state index contributed by atoms with van der Waals surface area (Å²) in [6, 6.07) is 9.80. The van der Waals surface area contributed by atoms with Gasteiger partial charge in [0.15, 0.2) is 0 Å². The number of hydrogen-bond donors (Lipinski definition) is 2. The van der Waals surface area contributed by atoms with Gasteiger partial charge in [-0.3, -0.25) is 5.32 Å². The van der Waals surface area contributed by atoms with Crippen molar-refractivity contribution in [1.82, 2.24) is 30.1 Å². The third-order valence-corrected chi connectivity index (χ3v) is 4.85. The summed E-state index contributed by atoms with van der Waals surface area (Å²) in [4.78, 5) is 12.1. The predicted octanol–water partition coefficient (Wildman–Crippen LogP) is 2.81. The highest BCUT2D eigenvalue weighted by atomic mass is 16.2. The number of aromatic nitrogens is 5. The van der Waals surface area contributed by atoms with Gasteiger partial charge in [0, 0.05) is 19.2 Å². The summed E-state index contributed by atoms with van der Waals surface area (Å²) in [5, 5.41) is 18.4. The molecule has 8 nitrogen and oxygen atoms in total. The number of carbonyl (C=O) groups excluding carboxylic acids is 1. The van der Waals surface area contributed by atoms with E-state index in [9.17, 15) is 4.79 Å². The lowest BCUT2D eigenvalue weighted by molar-refractivity contribution is 0.251. The van der Waals surface area contributed by atoms with Gasteiger partial charge >= 0.3 is 6.03 Å². The van der Waals surface area contributed by atoms with Crippen LogP contribution in [-0.4, -0.2) is 37.4 Å². The molecule has 1 aliphatic carbocycles. The van der Waals surface area contributed by atoms with Gasteiger partial charge in [0.1, 0.15) is 11.3 Å². The number of anilines is 1. The molecule has 1 atom stereocenters. The normalized spacial score (nSPS) is 15.1. The molecule has 0 bridgehead atoms. The van der Waals surface area contributed by atoms with E-state index in [1.165, 1.54) is 12.8 Å². The number of nitrogens with zero attached hydrogens (tertiary/aromatic N) is 5. The molecular formula is C18H23N7O. The molecule has 0 saturated heterocycles. The molecule has 2 N–H and O–H groups in total. The van der Waals surface area contributed by atoms with Gasteiger partial charge in [-0.1, -0.05) is 17.3 Å². The van der Waals surface area contributed by atoms with Crippen LogP contribution in [0.3, 0.4) is 0 Å². The van der Waals surface area contributed by atoms with Crippen LogP contribution in [0, 0.1) is 5.92 Å². The van der Waals surface area contributed by atoms with Crippen molar-refractivity contribution < 1.29 is 4.79 Å². The van der Waals surface area contributed by atoms with Crippen molar-refractivity contribution in [3.63, 3.8) is 0 Å². The second kappa shape index (κ2) is 7.15. The summed E-state index contributed by atoms with van der Waals surface area (Å²) < 4.78 is 3.76. The number of rotatable bonds is 7. The molecule has 0 spiro atoms. The van der Waals surface area contributed by atoms with E-state index >= 15 is 0 Å². The van der Waals surface area contributed by atoms with Gasteiger partial charge in [-0.15, -0.1) is 5.10 Å². The zero-order valence-corrected chi connectivity index (χ0v) is 14.8. The molecule has 1 saturated carbocycles. The molecule has 136 valence electrons. The first-order chi connectivity index (χ1) is 12.7. The van der Waals surface area contributed by atoms with Crippen LogP contribution in [-0.2, 0) is 6.54 Å². The molecule has 8 heteroatoms. The first-order valence-corrected chi connectivity index (χ1v) is 9.09. The predicted molar refractivity (Wildman–Crippen MR) is 98.8 cm³/mol. The molecule has 2 heterocycles. The fraction of sp³-hybridized carbons (Fsp3) is 0.444. The lowest BCUT2D eigenvalue weighted by atomic mass is 10.2. The van der Waals surface area contributed by atoms with E-state index in [1.54, 1.807) is 6.20 Å². The van der Waals surface area contributed by atoms with Gasteiger partial charge in [0.25, 0.3) is 0 Å². The highest BCUT2D eigenvalue weighted by Gasteiger charge is 2.30. The van der Waals surface area contributed by atoms with Crippen LogP contribution < -0.4 is 10.6 Å². The molecule has 2 amide bonds. The summed E-state index contributed by atoms with van der Waals surface area (Å²) in [5.74, 6) is 1.42. The largest absolute Gasteiger partial charge is 0.338 e. The monoisotopic (exact) mass is 353 g/mol. The van der Waals surface area contributed by atoms with Crippen molar-refractivity contribution in [2.24, 2.45) is 5.92 Å². The van der Waals surface area contributed by atoms with Crippen molar-refractivity contribution >= 4 is 22.9 Å². The standard InChI is InChI=1S/C18H23N7O/c1-13(14-7-8-14)25-17(9-11-20-25)21-18(26)19-10-4-12-24-16-6-3-2-5-15(16)22-23-24/h2-3,5-6,9,11,13-14H,4,7-8,10,12H2,1H3,(H2,19,21,26)/t13-/m1/s1. The lowest BCUT2D eigenvalue weighted by Crippen LogP contribution is -2.31. The summed E-state index contributed by atoms with van der Waals surface area (Å²) in [5.41, 5.74) is 1.89. The fourth-order valence-electron chi connectivity index (χ4n) is 3.19. The second-order valence-electron chi connectivity index (χ2n) is 6.77. The van der Waals surface area contributed by atoms with Crippen molar-refractivity contribution in [2.75, 3.05) is 11.9 Å². The van der Waals surface area contributed by atoms with E-state index < -0.39 is 0 Å². The zero-order chi connectivity index (χ0) is 17.9. The topological polar surface area (TPSA) is 89.7 Å². The number of fused-ring (bicyclic) bond motifs is 1. The van der Waals surface area contributed by atoms with E-state index in [-0.39, 0.29) is 6.03 Å². The van der Waals surface area contributed by atoms with Crippen LogP contribution in [0.25, 0.3) is 11.0 Å². The SMILES string of the molecule is C[C@H](C1CC1)n1nccc1NC(=O)NCCCn1nnc2ccccc21. The van der Waals surface area contributed by atoms with Crippen molar-refractivity contribution in [2.45, 2.75) is 38.8 Å². The van der Waals surface area contributed by atoms with Crippen LogP contribution in [0.2, 0.25) is 0 Å². The molecule has 0 radical (unpaired) electrons. The number of aryl methyl sites for hydroxylation is 1. The Labute approximate surface area is 151 Å². The number of amides is 2. The molecule has 0 aliphatic heterocycles. The van der Waals surface area contributed by atoms with Gasteiger partial charge in [-0.25, -0.2) is 14.2 Å². The third kappa shape index (κ3) is 3.54. The molecular weight excluding hydrogens is 330 g/mol. The minimum atomic E-state index is -0.210. The quantitative estimate of drug-likeness (QED) is 0.639. The number of para-hydroxylation sites is 1. The summed E-state index contributed by atoms with van der Waals surface area (Å²) in [6.45, 7) is 3.42. The van der Waals surface area contributed by atoms with Gasteiger partial charge in [0.05, 0.1) is 17.8 Å². The third-order valence-electron chi connectivity index (χ3n) is 4.85. The maximum atomic E-state index is 12.1. The zero-order valence-electron chi connectivity index (χ0n) is 14.8. The van der Waals surface area contributed by atoms with E-state index in [2.05, 4.69) is 33.0 Å². The Hall–Kier alpha value is -2.90. The highest BCUT2D eigenvalue weighted by Crippen LogP contribution is 2.40. The molecule has 0 unspecified atom stereocenters. The lowest BCUT2D eigenvalue weighted by Gasteiger charge is -2.15. The minimum absolute atomic E-state index is 0.210. The maximum absolute atomic E-state index is 12.1. The van der Waals surface area contributed by atoms with Crippen LogP contribution in [0.15, 0.2) is 36.5 Å². The van der Waals surface area contributed by atoms with Crippen LogP contribution >= 0.6 is 0 Å². The number of hydrogen-bond acceptors (Lipinski definition) is 4. The molecule has 1 fully saturated rings.